The number of carbonyl (C=O) groups is 2. The average molecular weight is 368 g/mol. The summed E-state index contributed by atoms with van der Waals surface area (Å²) in [7, 11) is 5.61. The van der Waals surface area contributed by atoms with Crippen LogP contribution in [0.3, 0.4) is 0 Å². The molecule has 140 valence electrons. The molecule has 0 aliphatic carbocycles. The van der Waals surface area contributed by atoms with Crippen LogP contribution < -0.4 is 0 Å². The Morgan fingerprint density at radius 1 is 1.40 bits per heavy atom. The van der Waals surface area contributed by atoms with Crippen molar-refractivity contribution in [3.63, 3.8) is 0 Å². The van der Waals surface area contributed by atoms with Gasteiger partial charge in [-0.15, -0.1) is 11.8 Å². The van der Waals surface area contributed by atoms with E-state index in [-0.39, 0.29) is 35.7 Å². The van der Waals surface area contributed by atoms with Gasteiger partial charge >= 0.3 is 0 Å². The number of carbonyl (C=O) groups excluding carboxylic acids is 2. The molecule has 6 nitrogen and oxygen atoms in total. The predicted octanol–water partition coefficient (Wildman–Crippen LogP) is 0.969. The fourth-order valence-electron chi connectivity index (χ4n) is 4.55. The first-order valence-electron chi connectivity index (χ1n) is 8.95. The first-order chi connectivity index (χ1) is 11.6. The molecule has 2 amide bonds. The zero-order valence-corrected chi connectivity index (χ0v) is 16.7. The number of hydrogen-bond acceptors (Lipinski definition) is 5. The molecule has 0 spiro atoms. The second-order valence-corrected chi connectivity index (χ2v) is 9.21. The van der Waals surface area contributed by atoms with Gasteiger partial charge in [0.2, 0.25) is 11.8 Å². The number of β-lactam (4-membered cyclic amide) rings is 1. The van der Waals surface area contributed by atoms with Crippen molar-refractivity contribution in [3.05, 3.63) is 10.6 Å². The maximum atomic E-state index is 12.4. The lowest BCUT2D eigenvalue weighted by Gasteiger charge is -2.46. The SMILES string of the molecule is CC1=C(S[C@H]2C[C@@H](C(=O)N(C)C)N(C)C2)[C@H](C)C2C([C@@H](C)O)C(=O)N12. The zero-order chi connectivity index (χ0) is 18.6. The Labute approximate surface area is 154 Å². The number of hydrogen-bond donors (Lipinski definition) is 1. The molecule has 25 heavy (non-hydrogen) atoms. The first-order valence-corrected chi connectivity index (χ1v) is 9.83. The van der Waals surface area contributed by atoms with Gasteiger partial charge in [-0.3, -0.25) is 14.5 Å². The van der Waals surface area contributed by atoms with Crippen molar-refractivity contribution in [3.8, 4) is 0 Å². The fraction of sp³-hybridized carbons (Fsp3) is 0.778. The van der Waals surface area contributed by atoms with Crippen LogP contribution in [-0.4, -0.2) is 82.7 Å². The summed E-state index contributed by atoms with van der Waals surface area (Å²) in [6.07, 6.45) is 0.230. The lowest BCUT2D eigenvalue weighted by atomic mass is 9.79. The van der Waals surface area contributed by atoms with Crippen LogP contribution in [0.25, 0.3) is 0 Å². The summed E-state index contributed by atoms with van der Waals surface area (Å²) in [4.78, 5) is 31.6. The molecular formula is C18H29N3O3S. The maximum Gasteiger partial charge on any atom is 0.239 e. The summed E-state index contributed by atoms with van der Waals surface area (Å²) >= 11 is 1.82. The van der Waals surface area contributed by atoms with E-state index < -0.39 is 6.10 Å². The van der Waals surface area contributed by atoms with Crippen LogP contribution in [0, 0.1) is 11.8 Å². The summed E-state index contributed by atoms with van der Waals surface area (Å²) in [5.74, 6) is 0.168. The first kappa shape index (κ1) is 18.7. The van der Waals surface area contributed by atoms with Crippen LogP contribution in [0.4, 0.5) is 0 Å². The Hall–Kier alpha value is -1.05. The average Bonchev–Trinajstić information content (AvgIpc) is 2.96. The van der Waals surface area contributed by atoms with Gasteiger partial charge in [0.1, 0.15) is 0 Å². The third kappa shape index (κ3) is 2.90. The van der Waals surface area contributed by atoms with Gasteiger partial charge in [-0.1, -0.05) is 6.92 Å². The second kappa shape index (κ2) is 6.59. The normalized spacial score (nSPS) is 36.5. The molecule has 0 radical (unpaired) electrons. The number of nitrogens with zero attached hydrogens (tertiary/aromatic N) is 3. The van der Waals surface area contributed by atoms with E-state index in [0.29, 0.717) is 5.25 Å². The Kier molecular flexibility index (Phi) is 4.94. The minimum absolute atomic E-state index is 0.0455. The molecule has 3 aliphatic heterocycles. The van der Waals surface area contributed by atoms with Gasteiger partial charge in [0.05, 0.1) is 24.1 Å². The number of amides is 2. The van der Waals surface area contributed by atoms with Gasteiger partial charge in [0.15, 0.2) is 0 Å². The highest BCUT2D eigenvalue weighted by molar-refractivity contribution is 8.03. The highest BCUT2D eigenvalue weighted by Gasteiger charge is 2.57. The molecule has 0 saturated carbocycles. The van der Waals surface area contributed by atoms with Crippen molar-refractivity contribution < 1.29 is 14.7 Å². The lowest BCUT2D eigenvalue weighted by molar-refractivity contribution is -0.159. The smallest absolute Gasteiger partial charge is 0.239 e. The number of allylic oxidation sites excluding steroid dienone is 1. The quantitative estimate of drug-likeness (QED) is 0.750. The third-order valence-corrected chi connectivity index (χ3v) is 7.48. The number of rotatable bonds is 4. The summed E-state index contributed by atoms with van der Waals surface area (Å²) in [5.41, 5.74) is 1.04. The minimum atomic E-state index is -0.604. The Balaban J connectivity index is 1.71. The zero-order valence-electron chi connectivity index (χ0n) is 15.9. The molecular weight excluding hydrogens is 338 g/mol. The standard InChI is InChI=1S/C18H29N3O3S/c1-9-15-14(11(3)22)18(24)21(15)10(2)16(9)25-12-7-13(20(6)8-12)17(23)19(4)5/h9,11-15,22H,7-8H2,1-6H3/t9-,11-,12+,13+,14?,15?/m1/s1. The van der Waals surface area contributed by atoms with Crippen LogP contribution in [0.2, 0.25) is 0 Å². The predicted molar refractivity (Wildman–Crippen MR) is 98.8 cm³/mol. The molecule has 2 saturated heterocycles. The number of aliphatic hydroxyl groups is 1. The summed E-state index contributed by atoms with van der Waals surface area (Å²) in [5, 5.41) is 10.3. The number of aliphatic hydroxyl groups excluding tert-OH is 1. The van der Waals surface area contributed by atoms with E-state index in [1.165, 1.54) is 4.91 Å². The molecule has 3 aliphatic rings. The number of likely N-dealkylation sites (N-methyl/N-ethyl adjacent to an activating group) is 2. The second-order valence-electron chi connectivity index (χ2n) is 7.87. The van der Waals surface area contributed by atoms with Gasteiger partial charge < -0.3 is 14.9 Å². The number of fused-ring (bicyclic) bond motifs is 1. The molecule has 0 aromatic heterocycles. The minimum Gasteiger partial charge on any atom is -0.393 e. The van der Waals surface area contributed by atoms with Gasteiger partial charge in [-0.25, -0.2) is 0 Å². The van der Waals surface area contributed by atoms with Crippen LogP contribution in [0.5, 0.6) is 0 Å². The Morgan fingerprint density at radius 3 is 2.60 bits per heavy atom. The van der Waals surface area contributed by atoms with E-state index in [1.54, 1.807) is 25.9 Å². The number of thioether (sulfide) groups is 1. The molecule has 6 atom stereocenters. The topological polar surface area (TPSA) is 64.1 Å². The summed E-state index contributed by atoms with van der Waals surface area (Å²) in [6.45, 7) is 6.74. The molecule has 3 heterocycles. The van der Waals surface area contributed by atoms with Gasteiger partial charge in [-0.2, -0.15) is 0 Å². The third-order valence-electron chi connectivity index (χ3n) is 5.88. The van der Waals surface area contributed by atoms with Crippen molar-refractivity contribution >= 4 is 23.6 Å². The van der Waals surface area contributed by atoms with Crippen molar-refractivity contribution in [2.24, 2.45) is 11.8 Å². The molecule has 0 aromatic rings. The van der Waals surface area contributed by atoms with Crippen molar-refractivity contribution in [1.82, 2.24) is 14.7 Å². The van der Waals surface area contributed by atoms with Crippen molar-refractivity contribution in [2.45, 2.75) is 50.6 Å². The van der Waals surface area contributed by atoms with E-state index in [4.69, 9.17) is 0 Å². The highest BCUT2D eigenvalue weighted by atomic mass is 32.2. The molecule has 1 N–H and O–H groups in total. The Bertz CT molecular complexity index is 619. The summed E-state index contributed by atoms with van der Waals surface area (Å²) in [6, 6.07) is 0.0299. The molecule has 3 rings (SSSR count). The highest BCUT2D eigenvalue weighted by Crippen LogP contribution is 2.51. The molecule has 2 unspecified atom stereocenters. The molecule has 0 aromatic carbocycles. The van der Waals surface area contributed by atoms with Gasteiger partial charge in [0, 0.05) is 42.4 Å². The van der Waals surface area contributed by atoms with Crippen LogP contribution in [0.15, 0.2) is 10.6 Å². The molecule has 2 fully saturated rings. The van der Waals surface area contributed by atoms with Gasteiger partial charge in [-0.05, 0) is 27.3 Å². The molecule has 7 heteroatoms. The Morgan fingerprint density at radius 2 is 2.04 bits per heavy atom. The molecule has 0 bridgehead atoms. The summed E-state index contributed by atoms with van der Waals surface area (Å²) < 4.78 is 0. The van der Waals surface area contributed by atoms with Crippen molar-refractivity contribution in [2.75, 3.05) is 27.7 Å². The maximum absolute atomic E-state index is 12.4. The van der Waals surface area contributed by atoms with E-state index in [1.807, 2.05) is 30.6 Å². The van der Waals surface area contributed by atoms with Crippen LogP contribution in [-0.2, 0) is 9.59 Å². The fourth-order valence-corrected chi connectivity index (χ4v) is 6.12. The largest absolute Gasteiger partial charge is 0.393 e. The van der Waals surface area contributed by atoms with Crippen LogP contribution >= 0.6 is 11.8 Å². The van der Waals surface area contributed by atoms with E-state index >= 15 is 0 Å². The van der Waals surface area contributed by atoms with Crippen LogP contribution in [0.1, 0.15) is 27.2 Å². The van der Waals surface area contributed by atoms with E-state index in [0.717, 1.165) is 18.7 Å². The van der Waals surface area contributed by atoms with Gasteiger partial charge in [0.25, 0.3) is 0 Å². The lowest BCUT2D eigenvalue weighted by Crippen LogP contribution is -2.62. The van der Waals surface area contributed by atoms with E-state index in [9.17, 15) is 14.7 Å². The number of likely N-dealkylation sites (tertiary alicyclic amines) is 1. The monoisotopic (exact) mass is 367 g/mol. The van der Waals surface area contributed by atoms with E-state index in [2.05, 4.69) is 11.8 Å². The van der Waals surface area contributed by atoms with Crippen molar-refractivity contribution in [1.29, 1.82) is 0 Å².